The van der Waals surface area contributed by atoms with Gasteiger partial charge in [0, 0.05) is 55.4 Å². The number of benzene rings is 1. The molecule has 0 aliphatic carbocycles. The van der Waals surface area contributed by atoms with E-state index in [1.54, 1.807) is 23.2 Å². The van der Waals surface area contributed by atoms with Gasteiger partial charge < -0.3 is 26.0 Å². The van der Waals surface area contributed by atoms with Gasteiger partial charge in [0.15, 0.2) is 5.60 Å². The maximum Gasteiger partial charge on any atom is 0.260 e. The number of hydrogen-bond donors (Lipinski definition) is 3. The number of aromatic nitrogens is 3. The van der Waals surface area contributed by atoms with Gasteiger partial charge in [-0.25, -0.2) is 15.0 Å². The number of anilines is 2. The number of aliphatic hydroxyl groups is 1. The fourth-order valence-corrected chi connectivity index (χ4v) is 5.10. The maximum absolute atomic E-state index is 13.4. The molecule has 4 N–H and O–H groups in total. The van der Waals surface area contributed by atoms with E-state index in [0.29, 0.717) is 43.4 Å². The molecule has 11 heteroatoms. The van der Waals surface area contributed by atoms with Crippen LogP contribution in [-0.4, -0.2) is 69.5 Å². The highest BCUT2D eigenvalue weighted by molar-refractivity contribution is 7.13. The van der Waals surface area contributed by atoms with Crippen molar-refractivity contribution in [1.82, 2.24) is 19.9 Å². The van der Waals surface area contributed by atoms with Gasteiger partial charge in [-0.2, -0.15) is 0 Å². The second-order valence-electron chi connectivity index (χ2n) is 8.43. The molecule has 2 aliphatic rings. The standard InChI is InChI=1S/C23H25N7O3S/c1-14-17-18(28-20(14)31)26-13-27-19(17)29-7-9-30(10-8-29)22(32)23(33,12-24)16-4-2-15(3-5-16)21-25-6-11-34-21/h2-6,11,13-14,33H,7-10,12,24H2,1H3,(H,26,27,28,31)/t14?,23-/m0/s1. The summed E-state index contributed by atoms with van der Waals surface area (Å²) < 4.78 is 0. The summed E-state index contributed by atoms with van der Waals surface area (Å²) in [6, 6.07) is 7.14. The van der Waals surface area contributed by atoms with Gasteiger partial charge in [-0.3, -0.25) is 9.59 Å². The molecule has 1 saturated heterocycles. The first kappa shape index (κ1) is 22.4. The minimum atomic E-state index is -1.81. The van der Waals surface area contributed by atoms with Gasteiger partial charge in [0.2, 0.25) is 5.91 Å². The lowest BCUT2D eigenvalue weighted by atomic mass is 9.91. The molecule has 1 fully saturated rings. The van der Waals surface area contributed by atoms with Gasteiger partial charge in [0.1, 0.15) is 23.0 Å². The first-order valence-electron chi connectivity index (χ1n) is 11.1. The molecule has 2 amide bonds. The third-order valence-electron chi connectivity index (χ3n) is 6.49. The van der Waals surface area contributed by atoms with Crippen molar-refractivity contribution in [1.29, 1.82) is 0 Å². The number of carbonyl (C=O) groups is 2. The topological polar surface area (TPSA) is 138 Å². The van der Waals surface area contributed by atoms with Crippen molar-refractivity contribution >= 4 is 34.8 Å². The second-order valence-corrected chi connectivity index (χ2v) is 9.32. The van der Waals surface area contributed by atoms with E-state index in [9.17, 15) is 14.7 Å². The molecule has 0 spiro atoms. The number of piperazine rings is 1. The molecule has 3 aromatic rings. The van der Waals surface area contributed by atoms with E-state index in [1.807, 2.05) is 29.3 Å². The third-order valence-corrected chi connectivity index (χ3v) is 7.31. The Hall–Kier alpha value is -3.41. The minimum Gasteiger partial charge on any atom is -0.374 e. The van der Waals surface area contributed by atoms with Crippen molar-refractivity contribution < 1.29 is 14.7 Å². The van der Waals surface area contributed by atoms with Crippen LogP contribution in [0.1, 0.15) is 24.0 Å². The van der Waals surface area contributed by atoms with E-state index < -0.39 is 11.5 Å². The quantitative estimate of drug-likeness (QED) is 0.496. The van der Waals surface area contributed by atoms with Crippen LogP contribution in [0.2, 0.25) is 0 Å². The highest BCUT2D eigenvalue weighted by Gasteiger charge is 2.41. The Morgan fingerprint density at radius 2 is 1.94 bits per heavy atom. The zero-order chi connectivity index (χ0) is 23.9. The normalized spacial score (nSPS) is 19.5. The number of hydrogen-bond acceptors (Lipinski definition) is 9. The van der Waals surface area contributed by atoms with Crippen molar-refractivity contribution in [2.24, 2.45) is 5.73 Å². The van der Waals surface area contributed by atoms with Crippen LogP contribution >= 0.6 is 11.3 Å². The van der Waals surface area contributed by atoms with Crippen molar-refractivity contribution in [3.8, 4) is 10.6 Å². The molecular weight excluding hydrogens is 454 g/mol. The summed E-state index contributed by atoms with van der Waals surface area (Å²) in [7, 11) is 0. The molecule has 4 heterocycles. The molecule has 0 bridgehead atoms. The van der Waals surface area contributed by atoms with Crippen molar-refractivity contribution in [2.75, 3.05) is 42.9 Å². The molecule has 5 rings (SSSR count). The SMILES string of the molecule is CC1C(=O)Nc2ncnc(N3CCN(C(=O)[C@](O)(CN)c4ccc(-c5nccs5)cc4)CC3)c21. The van der Waals surface area contributed by atoms with Crippen LogP contribution in [-0.2, 0) is 15.2 Å². The molecule has 10 nitrogen and oxygen atoms in total. The number of nitrogens with one attached hydrogen (secondary N) is 1. The third kappa shape index (κ3) is 3.71. The predicted molar refractivity (Wildman–Crippen MR) is 128 cm³/mol. The first-order valence-corrected chi connectivity index (χ1v) is 11.9. The van der Waals surface area contributed by atoms with E-state index in [2.05, 4.69) is 20.3 Å². The Morgan fingerprint density at radius 3 is 2.59 bits per heavy atom. The largest absolute Gasteiger partial charge is 0.374 e. The van der Waals surface area contributed by atoms with Crippen LogP contribution in [0.4, 0.5) is 11.6 Å². The highest BCUT2D eigenvalue weighted by atomic mass is 32.1. The zero-order valence-electron chi connectivity index (χ0n) is 18.6. The molecule has 1 unspecified atom stereocenters. The molecule has 176 valence electrons. The molecule has 0 saturated carbocycles. The number of thiazole rings is 1. The van der Waals surface area contributed by atoms with Gasteiger partial charge in [0.05, 0.1) is 5.92 Å². The molecule has 34 heavy (non-hydrogen) atoms. The van der Waals surface area contributed by atoms with Crippen LogP contribution < -0.4 is 16.0 Å². The smallest absolute Gasteiger partial charge is 0.260 e. The van der Waals surface area contributed by atoms with Crippen LogP contribution in [0.25, 0.3) is 10.6 Å². The van der Waals surface area contributed by atoms with Crippen molar-refractivity contribution in [2.45, 2.75) is 18.4 Å². The van der Waals surface area contributed by atoms with Gasteiger partial charge in [-0.15, -0.1) is 11.3 Å². The van der Waals surface area contributed by atoms with E-state index in [1.165, 1.54) is 17.7 Å². The van der Waals surface area contributed by atoms with E-state index >= 15 is 0 Å². The predicted octanol–water partition coefficient (Wildman–Crippen LogP) is 1.15. The Kier molecular flexibility index (Phi) is 5.76. The van der Waals surface area contributed by atoms with E-state index in [0.717, 1.165) is 16.1 Å². The van der Waals surface area contributed by atoms with Crippen LogP contribution in [0, 0.1) is 0 Å². The fraction of sp³-hybridized carbons (Fsp3) is 0.348. The van der Waals surface area contributed by atoms with Crippen LogP contribution in [0.5, 0.6) is 0 Å². The maximum atomic E-state index is 13.4. The molecule has 1 aromatic carbocycles. The zero-order valence-corrected chi connectivity index (χ0v) is 19.5. The van der Waals surface area contributed by atoms with Gasteiger partial charge in [0.25, 0.3) is 5.91 Å². The molecule has 2 aliphatic heterocycles. The summed E-state index contributed by atoms with van der Waals surface area (Å²) in [5, 5.41) is 16.8. The fourth-order valence-electron chi connectivity index (χ4n) is 4.46. The second kappa shape index (κ2) is 8.75. The average molecular weight is 480 g/mol. The highest BCUT2D eigenvalue weighted by Crippen LogP contribution is 2.37. The Bertz CT molecular complexity index is 1210. The molecule has 0 radical (unpaired) electrons. The number of nitrogens with two attached hydrogens (primary N) is 1. The Morgan fingerprint density at radius 1 is 1.21 bits per heavy atom. The summed E-state index contributed by atoms with van der Waals surface area (Å²) in [6.07, 6.45) is 3.17. The number of rotatable bonds is 5. The monoisotopic (exact) mass is 479 g/mol. The van der Waals surface area contributed by atoms with Gasteiger partial charge in [-0.1, -0.05) is 24.3 Å². The number of fused-ring (bicyclic) bond motifs is 1. The first-order chi connectivity index (χ1) is 16.4. The van der Waals surface area contributed by atoms with Gasteiger partial charge >= 0.3 is 0 Å². The minimum absolute atomic E-state index is 0.0977. The summed E-state index contributed by atoms with van der Waals surface area (Å²) in [5.41, 5.74) is 6.25. The lowest BCUT2D eigenvalue weighted by Gasteiger charge is -2.39. The Balaban J connectivity index is 1.31. The summed E-state index contributed by atoms with van der Waals surface area (Å²) in [4.78, 5) is 42.0. The van der Waals surface area contributed by atoms with Crippen molar-refractivity contribution in [3.05, 3.63) is 53.3 Å². The Labute approximate surface area is 200 Å². The lowest BCUT2D eigenvalue weighted by molar-refractivity contribution is -0.151. The summed E-state index contributed by atoms with van der Waals surface area (Å²) in [5.74, 6) is 0.393. The van der Waals surface area contributed by atoms with Crippen molar-refractivity contribution in [3.63, 3.8) is 0 Å². The molecule has 2 atom stereocenters. The average Bonchev–Trinajstić information content (AvgIpc) is 3.52. The van der Waals surface area contributed by atoms with Crippen LogP contribution in [0.15, 0.2) is 42.2 Å². The lowest BCUT2D eigenvalue weighted by Crippen LogP contribution is -2.57. The number of carbonyl (C=O) groups excluding carboxylic acids is 2. The van der Waals surface area contributed by atoms with Gasteiger partial charge in [-0.05, 0) is 12.5 Å². The number of amides is 2. The number of nitrogens with zero attached hydrogens (tertiary/aromatic N) is 5. The van der Waals surface area contributed by atoms with E-state index in [4.69, 9.17) is 5.73 Å². The molecular formula is C23H25N7O3S. The van der Waals surface area contributed by atoms with Crippen LogP contribution in [0.3, 0.4) is 0 Å². The summed E-state index contributed by atoms with van der Waals surface area (Å²) >= 11 is 1.52. The summed E-state index contributed by atoms with van der Waals surface area (Å²) in [6.45, 7) is 3.42. The molecule has 2 aromatic heterocycles. The van der Waals surface area contributed by atoms with E-state index in [-0.39, 0.29) is 18.4 Å².